The monoisotopic (exact) mass is 579 g/mol. The first-order chi connectivity index (χ1) is 19.5. The first-order valence-electron chi connectivity index (χ1n) is 13.8. The molecule has 3 rings (SSSR count). The van der Waals surface area contributed by atoms with Crippen LogP contribution in [0.3, 0.4) is 0 Å². The number of hydrogen-bond acceptors (Lipinski definition) is 5. The van der Waals surface area contributed by atoms with Gasteiger partial charge in [0.1, 0.15) is 18.3 Å². The average molecular weight is 580 g/mol. The first kappa shape index (κ1) is 31.7. The van der Waals surface area contributed by atoms with E-state index < -0.39 is 28.5 Å². The number of rotatable bonds is 13. The van der Waals surface area contributed by atoms with Gasteiger partial charge in [0, 0.05) is 13.1 Å². The van der Waals surface area contributed by atoms with Gasteiger partial charge in [-0.05, 0) is 73.7 Å². The van der Waals surface area contributed by atoms with Crippen molar-refractivity contribution in [2.75, 3.05) is 24.5 Å². The zero-order valence-corrected chi connectivity index (χ0v) is 25.6. The van der Waals surface area contributed by atoms with Gasteiger partial charge in [0.25, 0.3) is 10.0 Å². The average Bonchev–Trinajstić information content (AvgIpc) is 2.95. The fourth-order valence-electron chi connectivity index (χ4n) is 4.42. The zero-order valence-electron chi connectivity index (χ0n) is 24.8. The van der Waals surface area contributed by atoms with Crippen LogP contribution in [-0.4, -0.2) is 51.4 Å². The van der Waals surface area contributed by atoms with Crippen LogP contribution in [0.15, 0.2) is 77.7 Å². The van der Waals surface area contributed by atoms with Crippen molar-refractivity contribution < 1.29 is 22.7 Å². The minimum atomic E-state index is -4.10. The number of benzene rings is 3. The summed E-state index contributed by atoms with van der Waals surface area (Å²) >= 11 is 0. The maximum absolute atomic E-state index is 14.1. The van der Waals surface area contributed by atoms with E-state index in [-0.39, 0.29) is 23.3 Å². The Kier molecular flexibility index (Phi) is 10.9. The Morgan fingerprint density at radius 1 is 0.927 bits per heavy atom. The molecule has 0 heterocycles. The van der Waals surface area contributed by atoms with Crippen LogP contribution in [0.25, 0.3) is 0 Å². The molecular weight excluding hydrogens is 538 g/mol. The van der Waals surface area contributed by atoms with Gasteiger partial charge in [-0.2, -0.15) is 0 Å². The third-order valence-electron chi connectivity index (χ3n) is 6.76. The molecule has 0 aliphatic carbocycles. The summed E-state index contributed by atoms with van der Waals surface area (Å²) in [4.78, 5) is 29.0. The highest BCUT2D eigenvalue weighted by atomic mass is 32.2. The smallest absolute Gasteiger partial charge is 0.264 e. The molecule has 0 fully saturated rings. The van der Waals surface area contributed by atoms with Gasteiger partial charge >= 0.3 is 0 Å². The first-order valence-corrected chi connectivity index (χ1v) is 15.3. The normalized spacial score (nSPS) is 12.1. The lowest BCUT2D eigenvalue weighted by atomic mass is 10.1. The van der Waals surface area contributed by atoms with Crippen molar-refractivity contribution in [1.29, 1.82) is 0 Å². The predicted octanol–water partition coefficient (Wildman–Crippen LogP) is 5.09. The molecular formula is C32H41N3O5S. The highest BCUT2D eigenvalue weighted by Gasteiger charge is 2.33. The summed E-state index contributed by atoms with van der Waals surface area (Å²) in [6.07, 6.45) is 0.362. The second-order valence-electron chi connectivity index (χ2n) is 10.6. The van der Waals surface area contributed by atoms with Crippen LogP contribution in [0.2, 0.25) is 0 Å². The number of carbonyl (C=O) groups is 2. The van der Waals surface area contributed by atoms with Crippen molar-refractivity contribution in [3.8, 4) is 5.75 Å². The van der Waals surface area contributed by atoms with Crippen LogP contribution >= 0.6 is 0 Å². The minimum Gasteiger partial charge on any atom is -0.497 e. The van der Waals surface area contributed by atoms with Crippen molar-refractivity contribution in [3.63, 3.8) is 0 Å². The Bertz CT molecular complexity index is 1420. The Morgan fingerprint density at radius 2 is 1.59 bits per heavy atom. The van der Waals surface area contributed by atoms with E-state index in [0.29, 0.717) is 24.4 Å². The molecule has 0 bridgehead atoms. The van der Waals surface area contributed by atoms with E-state index in [1.165, 1.54) is 4.90 Å². The topological polar surface area (TPSA) is 96.0 Å². The van der Waals surface area contributed by atoms with E-state index in [2.05, 4.69) is 5.32 Å². The molecule has 1 atom stereocenters. The number of aryl methyl sites for hydroxylation is 2. The molecule has 41 heavy (non-hydrogen) atoms. The van der Waals surface area contributed by atoms with Gasteiger partial charge in [-0.15, -0.1) is 0 Å². The summed E-state index contributed by atoms with van der Waals surface area (Å²) in [5.41, 5.74) is 2.94. The van der Waals surface area contributed by atoms with E-state index in [1.54, 1.807) is 61.7 Å². The highest BCUT2D eigenvalue weighted by Crippen LogP contribution is 2.26. The van der Waals surface area contributed by atoms with Gasteiger partial charge in [0.2, 0.25) is 11.8 Å². The second kappa shape index (κ2) is 14.2. The standard InChI is InChI=1S/C32H41N3O5S/c1-7-30(32(37)33-20-23(2)3)34(21-26-13-15-28(40-6)16-14-26)31(36)22-35(27-10-8-9-25(5)19-27)41(38,39)29-17-11-24(4)12-18-29/h8-19,23,30H,7,20-22H2,1-6H3,(H,33,37)/t30-/m0/s1. The van der Waals surface area contributed by atoms with E-state index in [1.807, 2.05) is 52.8 Å². The van der Waals surface area contributed by atoms with Gasteiger partial charge in [-0.3, -0.25) is 13.9 Å². The Hall–Kier alpha value is -3.85. The Labute approximate surface area is 244 Å². The lowest BCUT2D eigenvalue weighted by Crippen LogP contribution is -2.52. The van der Waals surface area contributed by atoms with Crippen LogP contribution in [0.5, 0.6) is 5.75 Å². The molecule has 8 nitrogen and oxygen atoms in total. The third kappa shape index (κ3) is 8.33. The van der Waals surface area contributed by atoms with Gasteiger partial charge in [0.15, 0.2) is 0 Å². The van der Waals surface area contributed by atoms with Crippen LogP contribution in [-0.2, 0) is 26.2 Å². The lowest BCUT2D eigenvalue weighted by molar-refractivity contribution is -0.140. The zero-order chi connectivity index (χ0) is 30.2. The van der Waals surface area contributed by atoms with Crippen molar-refractivity contribution in [1.82, 2.24) is 10.2 Å². The number of methoxy groups -OCH3 is 1. The van der Waals surface area contributed by atoms with Gasteiger partial charge in [-0.1, -0.05) is 62.7 Å². The molecule has 0 aromatic heterocycles. The van der Waals surface area contributed by atoms with Gasteiger partial charge in [-0.25, -0.2) is 8.42 Å². The number of hydrogen-bond donors (Lipinski definition) is 1. The Balaban J connectivity index is 2.04. The SMILES string of the molecule is CC[C@@H](C(=O)NCC(C)C)N(Cc1ccc(OC)cc1)C(=O)CN(c1cccc(C)c1)S(=O)(=O)c1ccc(C)cc1. The van der Waals surface area contributed by atoms with Crippen LogP contribution in [0.1, 0.15) is 43.9 Å². The summed E-state index contributed by atoms with van der Waals surface area (Å²) in [7, 11) is -2.53. The summed E-state index contributed by atoms with van der Waals surface area (Å²) in [5, 5.41) is 2.94. The summed E-state index contributed by atoms with van der Waals surface area (Å²) in [6, 6.07) is 20.0. The molecule has 0 aliphatic rings. The summed E-state index contributed by atoms with van der Waals surface area (Å²) in [5.74, 6) is 0.151. The largest absolute Gasteiger partial charge is 0.497 e. The molecule has 0 aliphatic heterocycles. The lowest BCUT2D eigenvalue weighted by Gasteiger charge is -2.33. The molecule has 0 radical (unpaired) electrons. The fraction of sp³-hybridized carbons (Fsp3) is 0.375. The van der Waals surface area contributed by atoms with E-state index in [0.717, 1.165) is 21.0 Å². The molecule has 3 aromatic carbocycles. The summed E-state index contributed by atoms with van der Waals surface area (Å²) < 4.78 is 34.3. The molecule has 220 valence electrons. The number of amides is 2. The predicted molar refractivity (Wildman–Crippen MR) is 162 cm³/mol. The number of carbonyl (C=O) groups excluding carboxylic acids is 2. The summed E-state index contributed by atoms with van der Waals surface area (Å²) in [6.45, 7) is 9.71. The molecule has 9 heteroatoms. The number of nitrogens with zero attached hydrogens (tertiary/aromatic N) is 2. The van der Waals surface area contributed by atoms with Crippen molar-refractivity contribution >= 4 is 27.5 Å². The Morgan fingerprint density at radius 3 is 2.15 bits per heavy atom. The molecule has 0 unspecified atom stereocenters. The van der Waals surface area contributed by atoms with Crippen LogP contribution in [0, 0.1) is 19.8 Å². The quantitative estimate of drug-likeness (QED) is 0.305. The number of ether oxygens (including phenoxy) is 1. The molecule has 0 saturated carbocycles. The van der Waals surface area contributed by atoms with Crippen LogP contribution < -0.4 is 14.4 Å². The van der Waals surface area contributed by atoms with Crippen LogP contribution in [0.4, 0.5) is 5.69 Å². The molecule has 0 saturated heterocycles. The van der Waals surface area contributed by atoms with E-state index >= 15 is 0 Å². The maximum atomic E-state index is 14.1. The number of sulfonamides is 1. The van der Waals surface area contributed by atoms with Crippen molar-refractivity contribution in [2.45, 2.75) is 58.5 Å². The fourth-order valence-corrected chi connectivity index (χ4v) is 5.82. The van der Waals surface area contributed by atoms with Gasteiger partial charge in [0.05, 0.1) is 17.7 Å². The van der Waals surface area contributed by atoms with Gasteiger partial charge < -0.3 is 15.0 Å². The van der Waals surface area contributed by atoms with E-state index in [4.69, 9.17) is 4.74 Å². The highest BCUT2D eigenvalue weighted by molar-refractivity contribution is 7.92. The molecule has 3 aromatic rings. The second-order valence-corrected chi connectivity index (χ2v) is 12.5. The third-order valence-corrected chi connectivity index (χ3v) is 8.55. The molecule has 0 spiro atoms. The number of anilines is 1. The van der Waals surface area contributed by atoms with Crippen molar-refractivity contribution in [2.24, 2.45) is 5.92 Å². The van der Waals surface area contributed by atoms with E-state index in [9.17, 15) is 18.0 Å². The molecule has 1 N–H and O–H groups in total. The maximum Gasteiger partial charge on any atom is 0.264 e. The minimum absolute atomic E-state index is 0.0841. The van der Waals surface area contributed by atoms with Crippen molar-refractivity contribution in [3.05, 3.63) is 89.5 Å². The number of nitrogens with one attached hydrogen (secondary N) is 1. The molecule has 2 amide bonds.